The summed E-state index contributed by atoms with van der Waals surface area (Å²) in [6, 6.07) is 15.6. The molecule has 5 nitrogen and oxygen atoms in total. The van der Waals surface area contributed by atoms with Gasteiger partial charge in [-0.2, -0.15) is 0 Å². The second-order valence-corrected chi connectivity index (χ2v) is 8.02. The number of unbranched alkanes of at least 4 members (excludes halogenated alkanes) is 1. The van der Waals surface area contributed by atoms with Crippen molar-refractivity contribution in [1.82, 2.24) is 4.90 Å². The average molecular weight is 421 g/mol. The first-order valence-corrected chi connectivity index (χ1v) is 11.0. The lowest BCUT2D eigenvalue weighted by molar-refractivity contribution is -0.137. The number of hydrogen-bond donors (Lipinski definition) is 0. The molecule has 1 aliphatic rings. The maximum absolute atomic E-state index is 13.4. The number of nitrogens with zero attached hydrogens (tertiary/aromatic N) is 2. The van der Waals surface area contributed by atoms with E-state index in [1.165, 1.54) is 4.90 Å². The second kappa shape index (κ2) is 10.4. The molecule has 0 atom stereocenters. The van der Waals surface area contributed by atoms with Crippen molar-refractivity contribution < 1.29 is 14.3 Å². The lowest BCUT2D eigenvalue weighted by atomic mass is 9.97. The third-order valence-corrected chi connectivity index (χ3v) is 5.59. The molecule has 2 aromatic rings. The second-order valence-electron chi connectivity index (χ2n) is 8.02. The Morgan fingerprint density at radius 1 is 0.935 bits per heavy atom. The number of hydrogen-bond acceptors (Lipinski definition) is 4. The van der Waals surface area contributed by atoms with Gasteiger partial charge in [-0.15, -0.1) is 0 Å². The molecule has 5 heteroatoms. The number of rotatable bonds is 10. The summed E-state index contributed by atoms with van der Waals surface area (Å²) in [6.07, 6.45) is 2.73. The maximum Gasteiger partial charge on any atom is 0.278 e. The highest BCUT2D eigenvalue weighted by Gasteiger charge is 2.41. The minimum Gasteiger partial charge on any atom is -0.381 e. The molecular weight excluding hydrogens is 388 g/mol. The smallest absolute Gasteiger partial charge is 0.278 e. The van der Waals surface area contributed by atoms with E-state index < -0.39 is 0 Å². The molecule has 0 radical (unpaired) electrons. The number of aryl methyl sites for hydroxylation is 2. The van der Waals surface area contributed by atoms with Crippen molar-refractivity contribution in [3.8, 4) is 0 Å². The fourth-order valence-corrected chi connectivity index (χ4v) is 3.87. The van der Waals surface area contributed by atoms with E-state index in [0.29, 0.717) is 37.4 Å². The van der Waals surface area contributed by atoms with Crippen LogP contribution in [-0.2, 0) is 14.3 Å². The van der Waals surface area contributed by atoms with Gasteiger partial charge in [0.25, 0.3) is 11.8 Å². The Bertz CT molecular complexity index is 966. The lowest BCUT2D eigenvalue weighted by Crippen LogP contribution is -2.35. The Morgan fingerprint density at radius 2 is 1.65 bits per heavy atom. The van der Waals surface area contributed by atoms with E-state index in [1.54, 1.807) is 0 Å². The van der Waals surface area contributed by atoms with Crippen LogP contribution in [0.4, 0.5) is 5.69 Å². The number of carbonyl (C=O) groups is 2. The van der Waals surface area contributed by atoms with Crippen LogP contribution < -0.4 is 4.90 Å². The van der Waals surface area contributed by atoms with Gasteiger partial charge >= 0.3 is 0 Å². The van der Waals surface area contributed by atoms with Crippen LogP contribution in [0.1, 0.15) is 42.9 Å². The van der Waals surface area contributed by atoms with Crippen LogP contribution in [0.5, 0.6) is 0 Å². The van der Waals surface area contributed by atoms with E-state index >= 15 is 0 Å². The van der Waals surface area contributed by atoms with Crippen molar-refractivity contribution in [2.45, 2.75) is 40.0 Å². The first-order chi connectivity index (χ1) is 15.0. The Kier molecular flexibility index (Phi) is 7.64. The maximum atomic E-state index is 13.4. The van der Waals surface area contributed by atoms with Gasteiger partial charge in [0.05, 0.1) is 5.57 Å². The van der Waals surface area contributed by atoms with Crippen molar-refractivity contribution in [3.05, 3.63) is 70.9 Å². The van der Waals surface area contributed by atoms with Crippen molar-refractivity contribution in [3.63, 3.8) is 0 Å². The third kappa shape index (κ3) is 5.05. The highest BCUT2D eigenvalue weighted by atomic mass is 16.5. The Balaban J connectivity index is 1.92. The molecule has 2 aromatic carbocycles. The summed E-state index contributed by atoms with van der Waals surface area (Å²) >= 11 is 0. The van der Waals surface area contributed by atoms with Gasteiger partial charge in [-0.3, -0.25) is 14.5 Å². The molecule has 0 aromatic heterocycles. The van der Waals surface area contributed by atoms with Gasteiger partial charge in [-0.25, -0.2) is 0 Å². The van der Waals surface area contributed by atoms with Crippen molar-refractivity contribution in [1.29, 1.82) is 0 Å². The van der Waals surface area contributed by atoms with Gasteiger partial charge in [0.2, 0.25) is 0 Å². The quantitative estimate of drug-likeness (QED) is 0.412. The fraction of sp³-hybridized carbons (Fsp3) is 0.385. The molecule has 1 aliphatic heterocycles. The van der Waals surface area contributed by atoms with Gasteiger partial charge in [0, 0.05) is 32.5 Å². The molecule has 164 valence electrons. The zero-order valence-corrected chi connectivity index (χ0v) is 19.0. The van der Waals surface area contributed by atoms with Crippen LogP contribution in [0.15, 0.2) is 54.2 Å². The standard InChI is InChI=1S/C26H32N2O3/c1-5-6-16-31-17-10-15-28-25(29)23(22-14-13-19(2)18-20(22)3)24(26(28)30)27(4)21-11-8-7-9-12-21/h7-9,11-14,18H,5-6,10,15-17H2,1-4H3. The predicted octanol–water partition coefficient (Wildman–Crippen LogP) is 4.73. The molecular formula is C26H32N2O3. The number of para-hydroxylation sites is 1. The van der Waals surface area contributed by atoms with Gasteiger partial charge in [-0.05, 0) is 49.9 Å². The molecule has 3 rings (SSSR count). The topological polar surface area (TPSA) is 49.9 Å². The summed E-state index contributed by atoms with van der Waals surface area (Å²) in [5.74, 6) is -0.483. The molecule has 0 saturated heterocycles. The molecule has 0 N–H and O–H groups in total. The van der Waals surface area contributed by atoms with Gasteiger partial charge in [0.1, 0.15) is 5.70 Å². The average Bonchev–Trinajstić information content (AvgIpc) is 3.00. The number of ether oxygens (including phenoxy) is 1. The van der Waals surface area contributed by atoms with Crippen molar-refractivity contribution in [2.75, 3.05) is 31.7 Å². The third-order valence-electron chi connectivity index (χ3n) is 5.59. The number of amides is 2. The molecule has 0 aliphatic carbocycles. The van der Waals surface area contributed by atoms with Gasteiger partial charge in [-0.1, -0.05) is 55.3 Å². The number of likely N-dealkylation sites (N-methyl/N-ethyl adjacent to an activating group) is 1. The van der Waals surface area contributed by atoms with Gasteiger partial charge in [0.15, 0.2) is 0 Å². The fourth-order valence-electron chi connectivity index (χ4n) is 3.87. The number of anilines is 1. The van der Waals surface area contributed by atoms with Crippen molar-refractivity contribution >= 4 is 23.1 Å². The molecule has 0 fully saturated rings. The zero-order valence-electron chi connectivity index (χ0n) is 19.0. The highest BCUT2D eigenvalue weighted by Crippen LogP contribution is 2.35. The predicted molar refractivity (Wildman–Crippen MR) is 125 cm³/mol. The Hall–Kier alpha value is -2.92. The molecule has 0 bridgehead atoms. The SMILES string of the molecule is CCCCOCCCN1C(=O)C(c2ccc(C)cc2C)=C(N(C)c2ccccc2)C1=O. The molecule has 0 unspecified atom stereocenters. The number of benzene rings is 2. The van der Waals surface area contributed by atoms with E-state index in [9.17, 15) is 9.59 Å². The van der Waals surface area contributed by atoms with E-state index in [1.807, 2.05) is 74.3 Å². The lowest BCUT2D eigenvalue weighted by Gasteiger charge is -2.21. The number of imide groups is 1. The summed E-state index contributed by atoms with van der Waals surface area (Å²) in [5, 5.41) is 0. The number of carbonyl (C=O) groups excluding carboxylic acids is 2. The molecule has 31 heavy (non-hydrogen) atoms. The monoisotopic (exact) mass is 420 g/mol. The highest BCUT2D eigenvalue weighted by molar-refractivity contribution is 6.36. The minimum absolute atomic E-state index is 0.233. The molecule has 1 heterocycles. The first-order valence-electron chi connectivity index (χ1n) is 11.0. The summed E-state index contributed by atoms with van der Waals surface area (Å²) in [7, 11) is 1.84. The summed E-state index contributed by atoms with van der Waals surface area (Å²) in [4.78, 5) is 30.1. The zero-order chi connectivity index (χ0) is 22.4. The molecule has 2 amide bonds. The van der Waals surface area contributed by atoms with E-state index in [0.717, 1.165) is 35.2 Å². The van der Waals surface area contributed by atoms with Crippen LogP contribution in [0.25, 0.3) is 5.57 Å². The van der Waals surface area contributed by atoms with Crippen LogP contribution in [0.2, 0.25) is 0 Å². The largest absolute Gasteiger partial charge is 0.381 e. The Morgan fingerprint density at radius 3 is 2.32 bits per heavy atom. The molecule has 0 spiro atoms. The minimum atomic E-state index is -0.250. The van der Waals surface area contributed by atoms with Crippen LogP contribution >= 0.6 is 0 Å². The normalized spacial score (nSPS) is 14.0. The van der Waals surface area contributed by atoms with Crippen LogP contribution in [0, 0.1) is 13.8 Å². The summed E-state index contributed by atoms with van der Waals surface area (Å²) in [5.41, 5.74) is 4.68. The molecule has 0 saturated carbocycles. The van der Waals surface area contributed by atoms with E-state index in [-0.39, 0.29) is 11.8 Å². The Labute approximate surface area is 185 Å². The van der Waals surface area contributed by atoms with E-state index in [2.05, 4.69) is 6.92 Å². The first kappa shape index (κ1) is 22.8. The summed E-state index contributed by atoms with van der Waals surface area (Å²) < 4.78 is 5.62. The van der Waals surface area contributed by atoms with E-state index in [4.69, 9.17) is 4.74 Å². The van der Waals surface area contributed by atoms with Crippen LogP contribution in [0.3, 0.4) is 0 Å². The van der Waals surface area contributed by atoms with Crippen molar-refractivity contribution in [2.24, 2.45) is 0 Å². The summed E-state index contributed by atoms with van der Waals surface area (Å²) in [6.45, 7) is 7.73. The van der Waals surface area contributed by atoms with Gasteiger partial charge < -0.3 is 9.64 Å². The van der Waals surface area contributed by atoms with Crippen LogP contribution in [-0.4, -0.2) is 43.5 Å².